The van der Waals surface area contributed by atoms with Gasteiger partial charge in [0.2, 0.25) is 0 Å². The first kappa shape index (κ1) is 38.0. The topological polar surface area (TPSA) is 40.5 Å². The van der Waals surface area contributed by atoms with Gasteiger partial charge in [-0.3, -0.25) is 0 Å². The molecule has 0 fully saturated rings. The first-order valence-electron chi connectivity index (χ1n) is 20.9. The van der Waals surface area contributed by atoms with Crippen molar-refractivity contribution in [2.24, 2.45) is 0 Å². The molecule has 0 spiro atoms. The molecule has 2 N–H and O–H groups in total. The molecule has 62 heavy (non-hydrogen) atoms. The average molecular weight is 795 g/mol. The SMILES string of the molecule is Oc1ccc(-c2ccc(-c3ccc(-c4cc(-c5ccc(-c6ccc(-c7ccccc7)cc6)cc5)cc(-c5ccc(-c6ccc(-c7ccc(O)cc7)cc6)cc5)c4)cc3)cc2)cc1. The van der Waals surface area contributed by atoms with Gasteiger partial charge in [-0.1, -0.05) is 200 Å². The first-order valence-corrected chi connectivity index (χ1v) is 20.9. The number of hydrogen-bond donors (Lipinski definition) is 2. The molecule has 0 heterocycles. The van der Waals surface area contributed by atoms with E-state index in [1.807, 2.05) is 30.3 Å². The maximum absolute atomic E-state index is 9.72. The Hall–Kier alpha value is -8.20. The molecule has 10 rings (SSSR count). The Morgan fingerprint density at radius 2 is 0.290 bits per heavy atom. The van der Waals surface area contributed by atoms with Crippen LogP contribution in [0.3, 0.4) is 0 Å². The van der Waals surface area contributed by atoms with E-state index in [4.69, 9.17) is 0 Å². The molecular weight excluding hydrogens is 753 g/mol. The second kappa shape index (κ2) is 16.8. The molecule has 10 aromatic carbocycles. The van der Waals surface area contributed by atoms with Crippen molar-refractivity contribution >= 4 is 0 Å². The Kier molecular flexibility index (Phi) is 10.3. The Morgan fingerprint density at radius 3 is 0.484 bits per heavy atom. The van der Waals surface area contributed by atoms with Crippen LogP contribution in [0.5, 0.6) is 11.5 Å². The third-order valence-electron chi connectivity index (χ3n) is 11.8. The Bertz CT molecular complexity index is 2930. The van der Waals surface area contributed by atoms with Crippen molar-refractivity contribution in [1.82, 2.24) is 0 Å². The van der Waals surface area contributed by atoms with Crippen LogP contribution in [0, 0.1) is 0 Å². The summed E-state index contributed by atoms with van der Waals surface area (Å²) in [6, 6.07) is 84.7. The van der Waals surface area contributed by atoms with Gasteiger partial charge in [-0.05, 0) is 143 Å². The lowest BCUT2D eigenvalue weighted by Crippen LogP contribution is -1.88. The molecule has 0 saturated carbocycles. The Labute approximate surface area is 363 Å². The van der Waals surface area contributed by atoms with Gasteiger partial charge in [0, 0.05) is 0 Å². The monoisotopic (exact) mass is 794 g/mol. The van der Waals surface area contributed by atoms with Gasteiger partial charge in [-0.2, -0.15) is 0 Å². The quantitative estimate of drug-likeness (QED) is 0.153. The Morgan fingerprint density at radius 1 is 0.145 bits per heavy atom. The summed E-state index contributed by atoms with van der Waals surface area (Å²) in [5.74, 6) is 0.538. The smallest absolute Gasteiger partial charge is 0.115 e. The first-order chi connectivity index (χ1) is 30.5. The maximum Gasteiger partial charge on any atom is 0.115 e. The number of phenols is 2. The van der Waals surface area contributed by atoms with Crippen molar-refractivity contribution < 1.29 is 10.2 Å². The number of rotatable bonds is 9. The fourth-order valence-electron chi connectivity index (χ4n) is 8.20. The largest absolute Gasteiger partial charge is 0.508 e. The van der Waals surface area contributed by atoms with Crippen LogP contribution in [0.1, 0.15) is 0 Å². The Balaban J connectivity index is 0.954. The van der Waals surface area contributed by atoms with Crippen molar-refractivity contribution in [2.75, 3.05) is 0 Å². The molecule has 294 valence electrons. The highest BCUT2D eigenvalue weighted by atomic mass is 16.3. The van der Waals surface area contributed by atoms with Gasteiger partial charge < -0.3 is 10.2 Å². The fourth-order valence-corrected chi connectivity index (χ4v) is 8.20. The van der Waals surface area contributed by atoms with E-state index in [0.29, 0.717) is 0 Å². The van der Waals surface area contributed by atoms with Gasteiger partial charge in [0.1, 0.15) is 11.5 Å². The number of benzene rings is 10. The molecule has 0 aromatic heterocycles. The summed E-state index contributed by atoms with van der Waals surface area (Å²) in [5.41, 5.74) is 20.7. The third kappa shape index (κ3) is 8.18. The molecule has 0 amide bonds. The molecule has 0 aliphatic carbocycles. The van der Waals surface area contributed by atoms with Crippen LogP contribution in [0.25, 0.3) is 100 Å². The summed E-state index contributed by atoms with van der Waals surface area (Å²) in [7, 11) is 0. The van der Waals surface area contributed by atoms with Crippen LogP contribution in [-0.4, -0.2) is 10.2 Å². The highest BCUT2D eigenvalue weighted by Gasteiger charge is 2.11. The number of phenolic OH excluding ortho intramolecular Hbond substituents is 2. The molecule has 0 aliphatic rings. The standard InChI is InChI=1S/C60H42O2/c61-59-34-30-51(31-35-59)49-14-10-44(11-15-49)47-20-26-54(27-21-47)57-38-56(53-24-18-46(19-25-53)43-8-6-42(7-9-43)41-4-2-1-3-5-41)39-58(40-57)55-28-22-48(23-29-55)45-12-16-50(17-13-45)52-32-36-60(62)37-33-52/h1-40,61-62H. The third-order valence-corrected chi connectivity index (χ3v) is 11.8. The van der Waals surface area contributed by atoms with Gasteiger partial charge in [-0.15, -0.1) is 0 Å². The molecule has 0 saturated heterocycles. The van der Waals surface area contributed by atoms with Gasteiger partial charge in [0.25, 0.3) is 0 Å². The molecule has 10 aromatic rings. The lowest BCUT2D eigenvalue weighted by molar-refractivity contribution is 0.475. The van der Waals surface area contributed by atoms with Crippen molar-refractivity contribution in [3.63, 3.8) is 0 Å². The second-order valence-corrected chi connectivity index (χ2v) is 15.7. The molecule has 2 heteroatoms. The maximum atomic E-state index is 9.72. The van der Waals surface area contributed by atoms with Gasteiger partial charge in [-0.25, -0.2) is 0 Å². The highest BCUT2D eigenvalue weighted by molar-refractivity contribution is 5.84. The summed E-state index contributed by atoms with van der Waals surface area (Å²) < 4.78 is 0. The van der Waals surface area contributed by atoms with Crippen LogP contribution in [0.2, 0.25) is 0 Å². The lowest BCUT2D eigenvalue weighted by Gasteiger charge is -2.13. The van der Waals surface area contributed by atoms with Crippen molar-refractivity contribution in [2.45, 2.75) is 0 Å². The van der Waals surface area contributed by atoms with Crippen LogP contribution < -0.4 is 0 Å². The van der Waals surface area contributed by atoms with Crippen LogP contribution >= 0.6 is 0 Å². The van der Waals surface area contributed by atoms with E-state index in [0.717, 1.165) is 77.9 Å². The minimum Gasteiger partial charge on any atom is -0.508 e. The average Bonchev–Trinajstić information content (AvgIpc) is 3.35. The van der Waals surface area contributed by atoms with Crippen LogP contribution in [-0.2, 0) is 0 Å². The summed E-state index contributed by atoms with van der Waals surface area (Å²) in [6.07, 6.45) is 0. The molecule has 0 unspecified atom stereocenters. The van der Waals surface area contributed by atoms with Crippen LogP contribution in [0.4, 0.5) is 0 Å². The summed E-state index contributed by atoms with van der Waals surface area (Å²) >= 11 is 0. The fraction of sp³-hybridized carbons (Fsp3) is 0. The summed E-state index contributed by atoms with van der Waals surface area (Å²) in [6.45, 7) is 0. The minimum atomic E-state index is 0.269. The van der Waals surface area contributed by atoms with E-state index in [-0.39, 0.29) is 11.5 Å². The molecule has 0 radical (unpaired) electrons. The number of aromatic hydroxyl groups is 2. The zero-order valence-electron chi connectivity index (χ0n) is 34.0. The van der Waals surface area contributed by atoms with E-state index in [2.05, 4.69) is 188 Å². The normalized spacial score (nSPS) is 11.0. The zero-order valence-corrected chi connectivity index (χ0v) is 34.0. The number of hydrogen-bond acceptors (Lipinski definition) is 2. The summed E-state index contributed by atoms with van der Waals surface area (Å²) in [4.78, 5) is 0. The van der Waals surface area contributed by atoms with E-state index >= 15 is 0 Å². The molecule has 0 atom stereocenters. The molecule has 2 nitrogen and oxygen atoms in total. The van der Waals surface area contributed by atoms with Gasteiger partial charge in [0.15, 0.2) is 0 Å². The minimum absolute atomic E-state index is 0.269. The van der Waals surface area contributed by atoms with Gasteiger partial charge >= 0.3 is 0 Å². The summed E-state index contributed by atoms with van der Waals surface area (Å²) in [5, 5.41) is 19.4. The lowest BCUT2D eigenvalue weighted by atomic mass is 9.91. The second-order valence-electron chi connectivity index (χ2n) is 15.7. The van der Waals surface area contributed by atoms with E-state index in [9.17, 15) is 10.2 Å². The van der Waals surface area contributed by atoms with E-state index in [1.54, 1.807) is 24.3 Å². The van der Waals surface area contributed by atoms with E-state index < -0.39 is 0 Å². The van der Waals surface area contributed by atoms with Crippen molar-refractivity contribution in [3.8, 4) is 112 Å². The molecule has 0 bridgehead atoms. The zero-order chi connectivity index (χ0) is 41.8. The predicted molar refractivity (Wildman–Crippen MR) is 259 cm³/mol. The van der Waals surface area contributed by atoms with E-state index in [1.165, 1.54) is 22.3 Å². The molecular formula is C60H42O2. The predicted octanol–water partition coefficient (Wildman–Crippen LogP) is 16.1. The van der Waals surface area contributed by atoms with Crippen molar-refractivity contribution in [1.29, 1.82) is 0 Å². The van der Waals surface area contributed by atoms with Crippen molar-refractivity contribution in [3.05, 3.63) is 243 Å². The van der Waals surface area contributed by atoms with Gasteiger partial charge in [0.05, 0.1) is 0 Å². The highest BCUT2D eigenvalue weighted by Crippen LogP contribution is 2.37. The molecule has 0 aliphatic heterocycles. The van der Waals surface area contributed by atoms with Crippen LogP contribution in [0.15, 0.2) is 243 Å².